The van der Waals surface area contributed by atoms with Crippen LogP contribution in [0.15, 0.2) is 30.3 Å². The van der Waals surface area contributed by atoms with Crippen molar-refractivity contribution in [1.82, 2.24) is 10.6 Å². The summed E-state index contributed by atoms with van der Waals surface area (Å²) in [5.41, 5.74) is 1.16. The fourth-order valence-electron chi connectivity index (χ4n) is 2.59. The average Bonchev–Trinajstić information content (AvgIpc) is 3.00. The smallest absolute Gasteiger partial charge is 0.315 e. The van der Waals surface area contributed by atoms with E-state index in [-0.39, 0.29) is 30.7 Å². The van der Waals surface area contributed by atoms with E-state index in [0.717, 1.165) is 18.6 Å². The van der Waals surface area contributed by atoms with Crippen LogP contribution in [0, 0.1) is 5.92 Å². The third-order valence-corrected chi connectivity index (χ3v) is 3.92. The SMILES string of the molecule is CC[C@@H](CO)NC(=O)NC[C@@H]1CCO[C@@H]1c1ccccc1. The Labute approximate surface area is 125 Å². The number of nitrogens with one attached hydrogen (secondary N) is 2. The van der Waals surface area contributed by atoms with Crippen LogP contribution in [-0.4, -0.2) is 36.9 Å². The zero-order valence-electron chi connectivity index (χ0n) is 12.4. The summed E-state index contributed by atoms with van der Waals surface area (Å²) >= 11 is 0. The van der Waals surface area contributed by atoms with Gasteiger partial charge in [-0.25, -0.2) is 4.79 Å². The lowest BCUT2D eigenvalue weighted by molar-refractivity contribution is 0.0909. The second kappa shape index (κ2) is 8.00. The third-order valence-electron chi connectivity index (χ3n) is 3.92. The summed E-state index contributed by atoms with van der Waals surface area (Å²) in [6, 6.07) is 9.69. The summed E-state index contributed by atoms with van der Waals surface area (Å²) in [5.74, 6) is 0.285. The molecular weight excluding hydrogens is 268 g/mol. The molecule has 1 saturated heterocycles. The number of aliphatic hydroxyl groups excluding tert-OH is 1. The first-order chi connectivity index (χ1) is 10.2. The molecule has 3 N–H and O–H groups in total. The molecule has 1 fully saturated rings. The van der Waals surface area contributed by atoms with E-state index in [0.29, 0.717) is 13.0 Å². The molecule has 0 saturated carbocycles. The molecule has 0 spiro atoms. The summed E-state index contributed by atoms with van der Waals surface area (Å²) in [6.45, 7) is 3.19. The number of rotatable bonds is 6. The molecule has 2 amide bonds. The Morgan fingerprint density at radius 3 is 2.86 bits per heavy atom. The van der Waals surface area contributed by atoms with Crippen LogP contribution in [0.2, 0.25) is 0 Å². The van der Waals surface area contributed by atoms with Crippen LogP contribution in [0.1, 0.15) is 31.4 Å². The Morgan fingerprint density at radius 1 is 1.43 bits per heavy atom. The average molecular weight is 292 g/mol. The van der Waals surface area contributed by atoms with Gasteiger partial charge in [0, 0.05) is 19.1 Å². The van der Waals surface area contributed by atoms with Crippen molar-refractivity contribution in [2.45, 2.75) is 31.9 Å². The molecule has 3 atom stereocenters. The largest absolute Gasteiger partial charge is 0.394 e. The van der Waals surface area contributed by atoms with Crippen LogP contribution in [0.5, 0.6) is 0 Å². The van der Waals surface area contributed by atoms with Crippen molar-refractivity contribution in [3.63, 3.8) is 0 Å². The fraction of sp³-hybridized carbons (Fsp3) is 0.562. The van der Waals surface area contributed by atoms with Crippen molar-refractivity contribution >= 4 is 6.03 Å². The highest BCUT2D eigenvalue weighted by molar-refractivity contribution is 5.74. The molecule has 21 heavy (non-hydrogen) atoms. The van der Waals surface area contributed by atoms with Gasteiger partial charge in [-0.2, -0.15) is 0 Å². The van der Waals surface area contributed by atoms with E-state index in [1.165, 1.54) is 0 Å². The first kappa shape index (κ1) is 15.8. The molecule has 116 valence electrons. The zero-order valence-corrected chi connectivity index (χ0v) is 12.4. The van der Waals surface area contributed by atoms with Gasteiger partial charge in [-0.1, -0.05) is 37.3 Å². The lowest BCUT2D eigenvalue weighted by Gasteiger charge is -2.20. The third kappa shape index (κ3) is 4.44. The van der Waals surface area contributed by atoms with Gasteiger partial charge in [0.1, 0.15) is 0 Å². The van der Waals surface area contributed by atoms with Gasteiger partial charge < -0.3 is 20.5 Å². The molecule has 0 aliphatic carbocycles. The Hall–Kier alpha value is -1.59. The minimum absolute atomic E-state index is 0.0386. The standard InChI is InChI=1S/C16H24N2O3/c1-2-14(11-19)18-16(20)17-10-13-8-9-21-15(13)12-6-4-3-5-7-12/h3-7,13-15,19H,2,8-11H2,1H3,(H2,17,18,20)/t13-,14-,15+/m0/s1. The highest BCUT2D eigenvalue weighted by atomic mass is 16.5. The first-order valence-corrected chi connectivity index (χ1v) is 7.56. The Balaban J connectivity index is 1.83. The van der Waals surface area contributed by atoms with Crippen LogP contribution in [0.25, 0.3) is 0 Å². The summed E-state index contributed by atoms with van der Waals surface area (Å²) in [6.07, 6.45) is 1.70. The van der Waals surface area contributed by atoms with Gasteiger partial charge in [-0.3, -0.25) is 0 Å². The molecule has 1 heterocycles. The van der Waals surface area contributed by atoms with Crippen LogP contribution in [0.3, 0.4) is 0 Å². The highest BCUT2D eigenvalue weighted by Gasteiger charge is 2.29. The lowest BCUT2D eigenvalue weighted by atomic mass is 9.95. The van der Waals surface area contributed by atoms with Gasteiger partial charge in [-0.15, -0.1) is 0 Å². The van der Waals surface area contributed by atoms with Crippen LogP contribution in [-0.2, 0) is 4.74 Å². The van der Waals surface area contributed by atoms with Crippen molar-refractivity contribution in [3.8, 4) is 0 Å². The number of hydrogen-bond acceptors (Lipinski definition) is 3. The second-order valence-corrected chi connectivity index (χ2v) is 5.39. The van der Waals surface area contributed by atoms with Gasteiger partial charge >= 0.3 is 6.03 Å². The molecular formula is C16H24N2O3. The number of ether oxygens (including phenoxy) is 1. The van der Waals surface area contributed by atoms with Gasteiger partial charge in [0.15, 0.2) is 0 Å². The molecule has 1 aliphatic rings. The normalized spacial score (nSPS) is 22.8. The topological polar surface area (TPSA) is 70.6 Å². The van der Waals surface area contributed by atoms with Crippen molar-refractivity contribution in [3.05, 3.63) is 35.9 Å². The van der Waals surface area contributed by atoms with E-state index in [4.69, 9.17) is 9.84 Å². The monoisotopic (exact) mass is 292 g/mol. The Bertz CT molecular complexity index is 434. The quantitative estimate of drug-likeness (QED) is 0.749. The lowest BCUT2D eigenvalue weighted by Crippen LogP contribution is -2.45. The molecule has 5 heteroatoms. The van der Waals surface area contributed by atoms with E-state index in [1.54, 1.807) is 0 Å². The van der Waals surface area contributed by atoms with Crippen LogP contribution in [0.4, 0.5) is 4.79 Å². The molecule has 1 aromatic carbocycles. The number of aliphatic hydroxyl groups is 1. The van der Waals surface area contributed by atoms with Crippen molar-refractivity contribution < 1.29 is 14.6 Å². The van der Waals surface area contributed by atoms with Gasteiger partial charge in [0.05, 0.1) is 18.8 Å². The zero-order chi connectivity index (χ0) is 15.1. The Kier molecular flexibility index (Phi) is 6.02. The molecule has 0 unspecified atom stereocenters. The van der Waals surface area contributed by atoms with Crippen LogP contribution < -0.4 is 10.6 Å². The van der Waals surface area contributed by atoms with Crippen LogP contribution >= 0.6 is 0 Å². The second-order valence-electron chi connectivity index (χ2n) is 5.39. The van der Waals surface area contributed by atoms with E-state index in [9.17, 15) is 4.79 Å². The van der Waals surface area contributed by atoms with Crippen molar-refractivity contribution in [2.24, 2.45) is 5.92 Å². The maximum atomic E-state index is 11.8. The number of hydrogen-bond donors (Lipinski definition) is 3. The summed E-state index contributed by atoms with van der Waals surface area (Å²) in [4.78, 5) is 11.8. The molecule has 0 radical (unpaired) electrons. The minimum Gasteiger partial charge on any atom is -0.394 e. The summed E-state index contributed by atoms with van der Waals surface area (Å²) in [7, 11) is 0. The summed E-state index contributed by atoms with van der Waals surface area (Å²) in [5, 5.41) is 14.7. The Morgan fingerprint density at radius 2 is 2.19 bits per heavy atom. The minimum atomic E-state index is -0.227. The predicted octanol–water partition coefficient (Wildman–Crippen LogP) is 1.83. The van der Waals surface area contributed by atoms with E-state index < -0.39 is 0 Å². The highest BCUT2D eigenvalue weighted by Crippen LogP contribution is 2.33. The molecule has 0 aromatic heterocycles. The van der Waals surface area contributed by atoms with Crippen molar-refractivity contribution in [1.29, 1.82) is 0 Å². The maximum Gasteiger partial charge on any atom is 0.315 e. The molecule has 1 aliphatic heterocycles. The van der Waals surface area contributed by atoms with E-state index in [1.807, 2.05) is 25.1 Å². The molecule has 1 aromatic rings. The number of carbonyl (C=O) groups is 1. The van der Waals surface area contributed by atoms with Gasteiger partial charge in [0.2, 0.25) is 0 Å². The van der Waals surface area contributed by atoms with Gasteiger partial charge in [-0.05, 0) is 18.4 Å². The number of benzene rings is 1. The number of carbonyl (C=O) groups excluding carboxylic acids is 1. The number of urea groups is 1. The first-order valence-electron chi connectivity index (χ1n) is 7.56. The maximum absolute atomic E-state index is 11.8. The molecule has 2 rings (SSSR count). The fourth-order valence-corrected chi connectivity index (χ4v) is 2.59. The van der Waals surface area contributed by atoms with Gasteiger partial charge in [0.25, 0.3) is 0 Å². The predicted molar refractivity (Wildman–Crippen MR) is 80.9 cm³/mol. The number of amides is 2. The summed E-state index contributed by atoms with van der Waals surface area (Å²) < 4.78 is 5.80. The molecule has 0 bridgehead atoms. The molecule has 5 nitrogen and oxygen atoms in total. The van der Waals surface area contributed by atoms with E-state index in [2.05, 4.69) is 22.8 Å². The van der Waals surface area contributed by atoms with Crippen molar-refractivity contribution in [2.75, 3.05) is 19.8 Å². The van der Waals surface area contributed by atoms with E-state index >= 15 is 0 Å².